The highest BCUT2D eigenvalue weighted by Crippen LogP contribution is 2.36. The van der Waals surface area contributed by atoms with Gasteiger partial charge in [0.1, 0.15) is 5.25 Å². The lowest BCUT2D eigenvalue weighted by Crippen LogP contribution is -2.41. The number of carbonyl (C=O) groups is 1. The predicted molar refractivity (Wildman–Crippen MR) is 133 cm³/mol. The summed E-state index contributed by atoms with van der Waals surface area (Å²) in [6.45, 7) is 5.24. The maximum absolute atomic E-state index is 13.6. The minimum Gasteiger partial charge on any atom is -0.369 e. The van der Waals surface area contributed by atoms with Crippen molar-refractivity contribution < 1.29 is 13.2 Å². The van der Waals surface area contributed by atoms with Crippen molar-refractivity contribution in [3.8, 4) is 0 Å². The van der Waals surface area contributed by atoms with Gasteiger partial charge in [0.15, 0.2) is 0 Å². The molecule has 0 bridgehead atoms. The number of rotatable bonds is 7. The molecule has 0 spiro atoms. The number of nitrogens with zero attached hydrogens (tertiary/aromatic N) is 3. The van der Waals surface area contributed by atoms with E-state index in [9.17, 15) is 13.2 Å². The van der Waals surface area contributed by atoms with E-state index in [1.54, 1.807) is 11.0 Å². The largest absolute Gasteiger partial charge is 0.369 e. The van der Waals surface area contributed by atoms with E-state index in [0.29, 0.717) is 31.0 Å². The molecule has 1 saturated carbocycles. The number of amides is 2. The number of nitrogens with one attached hydrogen (secondary N) is 1. The maximum atomic E-state index is 13.6. The zero-order valence-electron chi connectivity index (χ0n) is 18.9. The van der Waals surface area contributed by atoms with Crippen molar-refractivity contribution in [1.29, 1.82) is 0 Å². The summed E-state index contributed by atoms with van der Waals surface area (Å²) in [4.78, 5) is 18.7. The van der Waals surface area contributed by atoms with Crippen molar-refractivity contribution in [1.82, 2.24) is 9.62 Å². The van der Waals surface area contributed by atoms with Crippen molar-refractivity contribution in [2.45, 2.75) is 30.6 Å². The van der Waals surface area contributed by atoms with Crippen molar-refractivity contribution >= 4 is 27.7 Å². The molecule has 3 aliphatic rings. The zero-order valence-corrected chi connectivity index (χ0v) is 19.7. The first kappa shape index (κ1) is 22.5. The van der Waals surface area contributed by atoms with Gasteiger partial charge in [0.2, 0.25) is 16.0 Å². The van der Waals surface area contributed by atoms with Crippen LogP contribution in [0.1, 0.15) is 40.8 Å². The molecule has 1 fully saturated rings. The van der Waals surface area contributed by atoms with E-state index in [4.69, 9.17) is 5.73 Å². The van der Waals surface area contributed by atoms with Crippen LogP contribution in [0.4, 0.5) is 10.5 Å². The highest BCUT2D eigenvalue weighted by molar-refractivity contribution is 7.90. The highest BCUT2D eigenvalue weighted by atomic mass is 32.2. The van der Waals surface area contributed by atoms with Crippen LogP contribution >= 0.6 is 0 Å². The summed E-state index contributed by atoms with van der Waals surface area (Å²) < 4.78 is 28.4. The number of aliphatic imine (C=N–C) groups is 1. The Hall–Kier alpha value is -3.33. The molecule has 2 aliphatic heterocycles. The topological polar surface area (TPSA) is 108 Å². The fraction of sp³-hybridized carbons (Fsp3) is 0.360. The Kier molecular flexibility index (Phi) is 5.81. The van der Waals surface area contributed by atoms with Crippen LogP contribution in [0.15, 0.2) is 66.2 Å². The molecule has 2 unspecified atom stereocenters. The van der Waals surface area contributed by atoms with Gasteiger partial charge in [0, 0.05) is 18.8 Å². The van der Waals surface area contributed by atoms with Crippen molar-refractivity contribution in [2.24, 2.45) is 16.6 Å². The number of guanidine groups is 1. The standard InChI is InChI=1S/C25H29N5O3S/c1-2-23(34(32,33)30-16-21(28-24(30)26)18-6-4-3-5-7-18)20-10-11-22-19(14-20)12-13-29(22)25(31)27-15-17-8-9-17/h2-7,10-11,14,17,21,23H,1,8-9,12-13,15-16H2,(H2,26,28)(H,27,31). The van der Waals surface area contributed by atoms with Gasteiger partial charge in [-0.05, 0) is 47.9 Å². The van der Waals surface area contributed by atoms with E-state index in [1.807, 2.05) is 42.5 Å². The minimum absolute atomic E-state index is 0.0135. The van der Waals surface area contributed by atoms with E-state index in [2.05, 4.69) is 16.9 Å². The van der Waals surface area contributed by atoms with E-state index < -0.39 is 15.3 Å². The molecular formula is C25H29N5O3S. The Bertz CT molecular complexity index is 1240. The quantitative estimate of drug-likeness (QED) is 0.595. The molecule has 0 radical (unpaired) electrons. The first-order valence-corrected chi connectivity index (χ1v) is 13.1. The van der Waals surface area contributed by atoms with Crippen molar-refractivity contribution in [3.63, 3.8) is 0 Å². The summed E-state index contributed by atoms with van der Waals surface area (Å²) in [6.07, 6.45) is 4.45. The molecule has 178 valence electrons. The van der Waals surface area contributed by atoms with Gasteiger partial charge in [-0.15, -0.1) is 6.58 Å². The molecule has 5 rings (SSSR count). The molecule has 34 heavy (non-hydrogen) atoms. The van der Waals surface area contributed by atoms with Crippen LogP contribution in [0.3, 0.4) is 0 Å². The first-order chi connectivity index (χ1) is 16.4. The van der Waals surface area contributed by atoms with Crippen LogP contribution in [0.2, 0.25) is 0 Å². The third-order valence-electron chi connectivity index (χ3n) is 6.72. The summed E-state index contributed by atoms with van der Waals surface area (Å²) in [5, 5.41) is 2.03. The summed E-state index contributed by atoms with van der Waals surface area (Å²) in [6, 6.07) is 14.5. The Labute approximate surface area is 200 Å². The van der Waals surface area contributed by atoms with Gasteiger partial charge in [0.05, 0.1) is 12.6 Å². The number of anilines is 1. The number of hydrogen-bond acceptors (Lipinski definition) is 5. The smallest absolute Gasteiger partial charge is 0.321 e. The fourth-order valence-corrected chi connectivity index (χ4v) is 6.30. The number of nitrogens with two attached hydrogens (primary N) is 1. The maximum Gasteiger partial charge on any atom is 0.321 e. The molecule has 1 aliphatic carbocycles. The minimum atomic E-state index is -3.89. The first-order valence-electron chi connectivity index (χ1n) is 11.6. The lowest BCUT2D eigenvalue weighted by molar-refractivity contribution is 0.246. The van der Waals surface area contributed by atoms with Crippen LogP contribution in [0, 0.1) is 5.92 Å². The van der Waals surface area contributed by atoms with Crippen molar-refractivity contribution in [3.05, 3.63) is 77.9 Å². The molecule has 3 N–H and O–H groups in total. The molecule has 8 nitrogen and oxygen atoms in total. The van der Waals surface area contributed by atoms with E-state index >= 15 is 0 Å². The van der Waals surface area contributed by atoms with Crippen LogP contribution in [0.25, 0.3) is 0 Å². The predicted octanol–water partition coefficient (Wildman–Crippen LogP) is 3.10. The Balaban J connectivity index is 1.35. The summed E-state index contributed by atoms with van der Waals surface area (Å²) in [5.41, 5.74) is 9.36. The van der Waals surface area contributed by atoms with Gasteiger partial charge >= 0.3 is 6.03 Å². The normalized spacial score (nSPS) is 20.6. The van der Waals surface area contributed by atoms with Gasteiger partial charge in [-0.25, -0.2) is 22.5 Å². The van der Waals surface area contributed by atoms with E-state index in [1.165, 1.54) is 23.2 Å². The number of hydrogen-bond donors (Lipinski definition) is 2. The third kappa shape index (κ3) is 4.16. The summed E-state index contributed by atoms with van der Waals surface area (Å²) >= 11 is 0. The van der Waals surface area contributed by atoms with Crippen molar-refractivity contribution in [2.75, 3.05) is 24.5 Å². The van der Waals surface area contributed by atoms with Crippen LogP contribution < -0.4 is 16.0 Å². The second-order valence-electron chi connectivity index (χ2n) is 9.07. The Morgan fingerprint density at radius 3 is 2.71 bits per heavy atom. The zero-order chi connectivity index (χ0) is 23.9. The van der Waals surface area contributed by atoms with Gasteiger partial charge in [-0.1, -0.05) is 48.5 Å². The monoisotopic (exact) mass is 479 g/mol. The lowest BCUT2D eigenvalue weighted by Gasteiger charge is -2.24. The van der Waals surface area contributed by atoms with Gasteiger partial charge in [0.25, 0.3) is 0 Å². The average Bonchev–Trinajstić information content (AvgIpc) is 3.43. The summed E-state index contributed by atoms with van der Waals surface area (Å²) in [5.74, 6) is 0.593. The molecule has 2 amide bonds. The molecule has 2 aromatic rings. The second kappa shape index (κ2) is 8.79. The summed E-state index contributed by atoms with van der Waals surface area (Å²) in [7, 11) is -3.89. The Morgan fingerprint density at radius 2 is 2.00 bits per heavy atom. The molecule has 0 saturated heterocycles. The molecule has 2 aromatic carbocycles. The fourth-order valence-electron chi connectivity index (χ4n) is 4.63. The van der Waals surface area contributed by atoms with Gasteiger partial charge in [-0.3, -0.25) is 4.90 Å². The molecule has 0 aromatic heterocycles. The molecule has 9 heteroatoms. The van der Waals surface area contributed by atoms with Crippen LogP contribution in [-0.2, 0) is 16.4 Å². The van der Waals surface area contributed by atoms with Gasteiger partial charge in [-0.2, -0.15) is 0 Å². The number of sulfonamides is 1. The van der Waals surface area contributed by atoms with Crippen LogP contribution in [-0.4, -0.2) is 44.3 Å². The SMILES string of the molecule is C=CC(c1ccc2c(c1)CCN2C(=O)NCC1CC1)S(=O)(=O)N1CC(c2ccccc2)N=C1N. The average molecular weight is 480 g/mol. The molecule has 2 heterocycles. The lowest BCUT2D eigenvalue weighted by atomic mass is 10.1. The van der Waals surface area contributed by atoms with Gasteiger partial charge < -0.3 is 11.1 Å². The number of fused-ring (bicyclic) bond motifs is 1. The molecular weight excluding hydrogens is 450 g/mol. The van der Waals surface area contributed by atoms with E-state index in [0.717, 1.165) is 16.8 Å². The Morgan fingerprint density at radius 1 is 1.24 bits per heavy atom. The molecule has 2 atom stereocenters. The highest BCUT2D eigenvalue weighted by Gasteiger charge is 2.39. The number of urea groups is 1. The number of benzene rings is 2. The van der Waals surface area contributed by atoms with E-state index in [-0.39, 0.29) is 24.6 Å². The third-order valence-corrected chi connectivity index (χ3v) is 8.78. The number of carbonyl (C=O) groups excluding carboxylic acids is 1. The second-order valence-corrected chi connectivity index (χ2v) is 11.0. The van der Waals surface area contributed by atoms with Crippen LogP contribution in [0.5, 0.6) is 0 Å².